The van der Waals surface area contributed by atoms with E-state index >= 15 is 0 Å². The van der Waals surface area contributed by atoms with Gasteiger partial charge in [-0.15, -0.1) is 12.4 Å². The molecule has 13 heteroatoms. The average molecular weight is 547 g/mol. The maximum absolute atomic E-state index is 13.3. The number of aromatic nitrogens is 2. The fraction of sp³-hybridized carbons (Fsp3) is 0.440. The number of benzene rings is 1. The van der Waals surface area contributed by atoms with Gasteiger partial charge in [0.25, 0.3) is 11.5 Å². The lowest BCUT2D eigenvalue weighted by Crippen LogP contribution is -2.45. The minimum absolute atomic E-state index is 0. The number of hydrogen-bond acceptors (Lipinski definition) is 7. The number of amides is 2. The van der Waals surface area contributed by atoms with Crippen LogP contribution in [0.25, 0.3) is 11.3 Å². The minimum Gasteiger partial charge on any atom is -0.481 e. The van der Waals surface area contributed by atoms with Gasteiger partial charge in [-0.3, -0.25) is 24.6 Å². The number of morpholine rings is 1. The second kappa shape index (κ2) is 12.7. The van der Waals surface area contributed by atoms with Crippen molar-refractivity contribution in [1.82, 2.24) is 20.0 Å². The van der Waals surface area contributed by atoms with Gasteiger partial charge in [-0.25, -0.2) is 4.68 Å². The summed E-state index contributed by atoms with van der Waals surface area (Å²) < 4.78 is 6.28. The molecule has 1 aliphatic carbocycles. The minimum atomic E-state index is -0.841. The molecule has 1 aliphatic heterocycles. The molecule has 2 aromatic rings. The van der Waals surface area contributed by atoms with Gasteiger partial charge in [-0.2, -0.15) is 5.10 Å². The first-order valence-corrected chi connectivity index (χ1v) is 12.2. The first kappa shape index (κ1) is 28.8. The summed E-state index contributed by atoms with van der Waals surface area (Å²) in [5.74, 6) is -2.27. The first-order chi connectivity index (χ1) is 17.7. The summed E-state index contributed by atoms with van der Waals surface area (Å²) in [5, 5.41) is 24.0. The van der Waals surface area contributed by atoms with Gasteiger partial charge < -0.3 is 25.8 Å². The van der Waals surface area contributed by atoms with Crippen molar-refractivity contribution in [3.05, 3.63) is 51.8 Å². The largest absolute Gasteiger partial charge is 0.481 e. The molecule has 0 unspecified atom stereocenters. The Morgan fingerprint density at radius 1 is 1.11 bits per heavy atom. The number of carboxylic acid groups (broad SMARTS) is 1. The number of nitrogen functional groups attached to an aromatic ring is 1. The fourth-order valence-corrected chi connectivity index (χ4v) is 4.56. The van der Waals surface area contributed by atoms with Crippen LogP contribution in [0.2, 0.25) is 0 Å². The molecule has 204 valence electrons. The van der Waals surface area contributed by atoms with Crippen LogP contribution in [0.15, 0.2) is 35.1 Å². The van der Waals surface area contributed by atoms with E-state index in [9.17, 15) is 24.3 Å². The molecule has 12 nitrogen and oxygen atoms in total. The molecule has 1 saturated carbocycles. The van der Waals surface area contributed by atoms with E-state index < -0.39 is 23.4 Å². The third kappa shape index (κ3) is 6.75. The Kier molecular flexibility index (Phi) is 9.59. The smallest absolute Gasteiger partial charge is 0.306 e. The molecule has 1 saturated heterocycles. The standard InChI is InChI=1S/C25H30N6O6.ClH/c26-22(27)16-3-1-15(2-4-16)20-13-19(23(33)28-18-7-5-17(6-8-18)25(35)36)24(34)31(29-20)14-21(32)30-9-11-37-12-10-30;/h1-4,13,17-18H,5-12,14H2,(H3,26,27)(H,28,33)(H,35,36);1H/t17-,18-;. The predicted molar refractivity (Wildman–Crippen MR) is 140 cm³/mol. The second-order valence-electron chi connectivity index (χ2n) is 9.25. The Labute approximate surface area is 225 Å². The number of carboxylic acids is 1. The summed E-state index contributed by atoms with van der Waals surface area (Å²) in [5.41, 5.74) is 6.08. The molecule has 2 aliphatic rings. The van der Waals surface area contributed by atoms with Gasteiger partial charge in [0, 0.05) is 30.3 Å². The number of hydrogen-bond donors (Lipinski definition) is 4. The van der Waals surface area contributed by atoms with Crippen molar-refractivity contribution in [3.63, 3.8) is 0 Å². The molecule has 2 amide bonds. The number of aliphatic carboxylic acids is 1. The highest BCUT2D eigenvalue weighted by Gasteiger charge is 2.28. The molecule has 5 N–H and O–H groups in total. The van der Waals surface area contributed by atoms with Gasteiger partial charge >= 0.3 is 5.97 Å². The van der Waals surface area contributed by atoms with Gasteiger partial charge in [0.15, 0.2) is 0 Å². The number of carbonyl (C=O) groups excluding carboxylic acids is 2. The van der Waals surface area contributed by atoms with E-state index in [0.717, 1.165) is 4.68 Å². The van der Waals surface area contributed by atoms with Crippen LogP contribution in [-0.2, 0) is 20.9 Å². The van der Waals surface area contributed by atoms with E-state index in [1.54, 1.807) is 29.2 Å². The summed E-state index contributed by atoms with van der Waals surface area (Å²) >= 11 is 0. The highest BCUT2D eigenvalue weighted by atomic mass is 35.5. The van der Waals surface area contributed by atoms with Crippen molar-refractivity contribution in [2.75, 3.05) is 26.3 Å². The van der Waals surface area contributed by atoms with E-state index in [4.69, 9.17) is 15.9 Å². The molecular formula is C25H31ClN6O6. The third-order valence-corrected chi connectivity index (χ3v) is 6.77. The van der Waals surface area contributed by atoms with Gasteiger partial charge in [0.05, 0.1) is 24.8 Å². The van der Waals surface area contributed by atoms with Gasteiger partial charge in [0.2, 0.25) is 5.91 Å². The summed E-state index contributed by atoms with van der Waals surface area (Å²) in [7, 11) is 0. The maximum atomic E-state index is 13.3. The normalized spacial score (nSPS) is 19.2. The van der Waals surface area contributed by atoms with Crippen molar-refractivity contribution in [2.45, 2.75) is 38.3 Å². The Morgan fingerprint density at radius 3 is 2.32 bits per heavy atom. The summed E-state index contributed by atoms with van der Waals surface area (Å²) in [6, 6.07) is 7.75. The number of carbonyl (C=O) groups is 3. The SMILES string of the molecule is Cl.N=C(N)c1ccc(-c2cc(C(=O)N[C@H]3CC[C@H](C(=O)O)CC3)c(=O)n(CC(=O)N3CCOCC3)n2)cc1. The molecule has 1 aromatic heterocycles. The van der Waals surface area contributed by atoms with Crippen molar-refractivity contribution in [1.29, 1.82) is 5.41 Å². The quantitative estimate of drug-likeness (QED) is 0.291. The molecule has 4 rings (SSSR count). The maximum Gasteiger partial charge on any atom is 0.306 e. The van der Waals surface area contributed by atoms with Crippen molar-refractivity contribution >= 4 is 36.0 Å². The molecule has 1 aromatic carbocycles. The number of halogens is 1. The van der Waals surface area contributed by atoms with E-state index in [2.05, 4.69) is 10.4 Å². The molecule has 0 atom stereocenters. The zero-order chi connectivity index (χ0) is 26.5. The lowest BCUT2D eigenvalue weighted by molar-refractivity contribution is -0.143. The molecule has 0 spiro atoms. The Hall–Kier alpha value is -3.77. The first-order valence-electron chi connectivity index (χ1n) is 12.2. The lowest BCUT2D eigenvalue weighted by atomic mass is 9.86. The van der Waals surface area contributed by atoms with Crippen LogP contribution in [0, 0.1) is 11.3 Å². The Balaban J connectivity index is 0.00000400. The van der Waals surface area contributed by atoms with Crippen LogP contribution in [0.4, 0.5) is 0 Å². The third-order valence-electron chi connectivity index (χ3n) is 6.77. The number of rotatable bonds is 7. The van der Waals surface area contributed by atoms with Crippen molar-refractivity contribution in [2.24, 2.45) is 11.7 Å². The summed E-state index contributed by atoms with van der Waals surface area (Å²) in [6.07, 6.45) is 1.89. The van der Waals surface area contributed by atoms with Crippen LogP contribution in [0.5, 0.6) is 0 Å². The predicted octanol–water partition coefficient (Wildman–Crippen LogP) is 0.848. The molecule has 38 heavy (non-hydrogen) atoms. The Bertz CT molecular complexity index is 1250. The lowest BCUT2D eigenvalue weighted by Gasteiger charge is -2.27. The van der Waals surface area contributed by atoms with Crippen LogP contribution in [-0.4, -0.2) is 75.8 Å². The van der Waals surface area contributed by atoms with Crippen LogP contribution in [0.3, 0.4) is 0 Å². The highest BCUT2D eigenvalue weighted by Crippen LogP contribution is 2.25. The molecule has 0 radical (unpaired) electrons. The van der Waals surface area contributed by atoms with E-state index in [0.29, 0.717) is 68.8 Å². The highest BCUT2D eigenvalue weighted by molar-refractivity contribution is 5.96. The number of amidine groups is 1. The van der Waals surface area contributed by atoms with E-state index in [1.165, 1.54) is 6.07 Å². The number of nitrogens with zero attached hydrogens (tertiary/aromatic N) is 3. The molecule has 2 fully saturated rings. The van der Waals surface area contributed by atoms with Gasteiger partial charge in [-0.1, -0.05) is 24.3 Å². The van der Waals surface area contributed by atoms with Gasteiger partial charge in [-0.05, 0) is 31.7 Å². The average Bonchev–Trinajstić information content (AvgIpc) is 2.90. The number of ether oxygens (including phenoxy) is 1. The van der Waals surface area contributed by atoms with Crippen molar-refractivity contribution in [3.8, 4) is 11.3 Å². The topological polar surface area (TPSA) is 181 Å². The van der Waals surface area contributed by atoms with Crippen molar-refractivity contribution < 1.29 is 24.2 Å². The van der Waals surface area contributed by atoms with Crippen LogP contribution < -0.4 is 16.6 Å². The Morgan fingerprint density at radius 2 is 1.74 bits per heavy atom. The van der Waals surface area contributed by atoms with E-state index in [-0.39, 0.29) is 42.3 Å². The second-order valence-corrected chi connectivity index (χ2v) is 9.25. The molecule has 2 heterocycles. The molecule has 0 bridgehead atoms. The van der Waals surface area contributed by atoms with Gasteiger partial charge in [0.1, 0.15) is 17.9 Å². The summed E-state index contributed by atoms with van der Waals surface area (Å²) in [4.78, 5) is 52.1. The number of nitrogens with one attached hydrogen (secondary N) is 2. The van der Waals surface area contributed by atoms with Crippen LogP contribution >= 0.6 is 12.4 Å². The summed E-state index contributed by atoms with van der Waals surface area (Å²) in [6.45, 7) is 1.31. The van der Waals surface area contributed by atoms with E-state index in [1.807, 2.05) is 0 Å². The zero-order valence-corrected chi connectivity index (χ0v) is 21.5. The monoisotopic (exact) mass is 546 g/mol. The fourth-order valence-electron chi connectivity index (χ4n) is 4.56. The van der Waals surface area contributed by atoms with Crippen LogP contribution in [0.1, 0.15) is 41.6 Å². The molecular weight excluding hydrogens is 516 g/mol. The zero-order valence-electron chi connectivity index (χ0n) is 20.7. The number of nitrogens with two attached hydrogens (primary N) is 1.